The molecule has 0 aromatic rings. The molecule has 0 atom stereocenters. The average molecular weight is 338 g/mol. The van der Waals surface area contributed by atoms with Crippen molar-refractivity contribution >= 4 is 11.6 Å². The second kappa shape index (κ2) is 8.22. The van der Waals surface area contributed by atoms with Gasteiger partial charge >= 0.3 is 0 Å². The fourth-order valence-electron chi connectivity index (χ4n) is 2.39. The van der Waals surface area contributed by atoms with Crippen LogP contribution in [0.1, 0.15) is 67.2 Å². The third-order valence-corrected chi connectivity index (χ3v) is 3.46. The van der Waals surface area contributed by atoms with E-state index >= 15 is 0 Å². The fraction of sp³-hybridized carbons (Fsp3) is 0.667. The van der Waals surface area contributed by atoms with Crippen LogP contribution >= 0.6 is 0 Å². The standard InChI is InChI=1S/C18H30N2O4/c1-13(2)9-15(21)11-17(5,6)19(23)20(24)18(7,8)12-16(22)10-14(3)4/h1,3,9-12H2,2,4-8H3/b20-19+. The second-order valence-corrected chi connectivity index (χ2v) is 7.87. The van der Waals surface area contributed by atoms with Gasteiger partial charge in [-0.05, 0) is 13.8 Å². The van der Waals surface area contributed by atoms with Crippen molar-refractivity contribution in [2.45, 2.75) is 78.3 Å². The smallest absolute Gasteiger partial charge is 0.239 e. The van der Waals surface area contributed by atoms with Crippen LogP contribution < -0.4 is 0 Å². The van der Waals surface area contributed by atoms with Crippen molar-refractivity contribution in [2.75, 3.05) is 0 Å². The largest absolute Gasteiger partial charge is 0.567 e. The van der Waals surface area contributed by atoms with Crippen molar-refractivity contribution in [3.63, 3.8) is 0 Å². The molecule has 0 spiro atoms. The van der Waals surface area contributed by atoms with E-state index in [-0.39, 0.29) is 47.0 Å². The topological polar surface area (TPSA) is 86.3 Å². The van der Waals surface area contributed by atoms with Gasteiger partial charge in [-0.15, -0.1) is 0 Å². The van der Waals surface area contributed by atoms with Gasteiger partial charge in [-0.1, -0.05) is 24.3 Å². The molecule has 0 aromatic heterocycles. The molecule has 0 aliphatic rings. The van der Waals surface area contributed by atoms with Crippen LogP contribution in [-0.4, -0.2) is 32.4 Å². The number of Topliss-reactive ketones (excluding diaryl/α,β-unsaturated/α-hetero) is 2. The molecule has 6 heteroatoms. The van der Waals surface area contributed by atoms with Gasteiger partial charge in [0.2, 0.25) is 11.1 Å². The minimum Gasteiger partial charge on any atom is -0.567 e. The van der Waals surface area contributed by atoms with E-state index in [1.54, 1.807) is 13.8 Å². The quantitative estimate of drug-likeness (QED) is 0.262. The lowest BCUT2D eigenvalue weighted by Gasteiger charge is -2.25. The molecule has 0 radical (unpaired) electrons. The monoisotopic (exact) mass is 338 g/mol. The van der Waals surface area contributed by atoms with Crippen LogP contribution in [0.4, 0.5) is 0 Å². The number of azo groups is 1. The molecule has 0 amide bonds. The summed E-state index contributed by atoms with van der Waals surface area (Å²) in [5.74, 6) is -0.309. The van der Waals surface area contributed by atoms with Crippen LogP contribution in [0.25, 0.3) is 0 Å². The molecule has 0 fully saturated rings. The van der Waals surface area contributed by atoms with E-state index < -0.39 is 11.1 Å². The van der Waals surface area contributed by atoms with E-state index in [0.717, 1.165) is 0 Å². The van der Waals surface area contributed by atoms with Crippen LogP contribution in [0, 0.1) is 10.4 Å². The molecule has 0 heterocycles. The lowest BCUT2D eigenvalue weighted by molar-refractivity contribution is -1.02. The first kappa shape index (κ1) is 22.0. The number of hydrogen-bond acceptors (Lipinski definition) is 4. The number of carbonyl (C=O) groups is 2. The van der Waals surface area contributed by atoms with Crippen LogP contribution in [0.5, 0.6) is 0 Å². The molecule has 0 aliphatic carbocycles. The summed E-state index contributed by atoms with van der Waals surface area (Å²) < 4.78 is 0. The SMILES string of the molecule is C=C(C)CC(=O)CC(C)(C)/[N+]([O-])=[N+](\[O-])C(C)(C)CC(=O)CC(=C)C. The third-order valence-electron chi connectivity index (χ3n) is 3.46. The zero-order valence-corrected chi connectivity index (χ0v) is 15.8. The summed E-state index contributed by atoms with van der Waals surface area (Å²) in [6.07, 6.45) is 0.211. The molecule has 0 saturated heterocycles. The summed E-state index contributed by atoms with van der Waals surface area (Å²) in [7, 11) is 0. The Kier molecular flexibility index (Phi) is 7.54. The Morgan fingerprint density at radius 1 is 0.792 bits per heavy atom. The number of hydrogen-bond donors (Lipinski definition) is 0. The maximum Gasteiger partial charge on any atom is 0.239 e. The highest BCUT2D eigenvalue weighted by atomic mass is 16.6. The van der Waals surface area contributed by atoms with Gasteiger partial charge in [0.15, 0.2) is 0 Å². The summed E-state index contributed by atoms with van der Waals surface area (Å²) in [6, 6.07) is 0. The maximum absolute atomic E-state index is 12.5. The molecule has 0 N–H and O–H groups in total. The fourth-order valence-corrected chi connectivity index (χ4v) is 2.39. The van der Waals surface area contributed by atoms with Crippen LogP contribution in [0.2, 0.25) is 0 Å². The van der Waals surface area contributed by atoms with Gasteiger partial charge in [-0.3, -0.25) is 9.59 Å². The second-order valence-electron chi connectivity index (χ2n) is 7.87. The Hall–Kier alpha value is -1.98. The van der Waals surface area contributed by atoms with Crippen molar-refractivity contribution in [2.24, 2.45) is 0 Å². The lowest BCUT2D eigenvalue weighted by Crippen LogP contribution is -2.46. The predicted octanol–water partition coefficient (Wildman–Crippen LogP) is 3.87. The molecule has 0 bridgehead atoms. The summed E-state index contributed by atoms with van der Waals surface area (Å²) in [4.78, 5) is 24.4. The van der Waals surface area contributed by atoms with E-state index in [1.165, 1.54) is 27.7 Å². The number of hydroxylamine groups is 2. The van der Waals surface area contributed by atoms with Gasteiger partial charge in [0.05, 0.1) is 12.8 Å². The minimum atomic E-state index is -1.21. The van der Waals surface area contributed by atoms with Gasteiger partial charge < -0.3 is 10.4 Å². The molecule has 0 aromatic carbocycles. The van der Waals surface area contributed by atoms with Gasteiger partial charge in [-0.2, -0.15) is 0 Å². The van der Waals surface area contributed by atoms with Crippen molar-refractivity contribution in [1.82, 2.24) is 0 Å². The van der Waals surface area contributed by atoms with E-state index in [2.05, 4.69) is 13.2 Å². The molecule has 136 valence electrons. The van der Waals surface area contributed by atoms with E-state index in [1.807, 2.05) is 0 Å². The maximum atomic E-state index is 12.5. The average Bonchev–Trinajstić information content (AvgIpc) is 2.32. The Morgan fingerprint density at radius 3 is 1.25 bits per heavy atom. The Bertz CT molecular complexity index is 522. The van der Waals surface area contributed by atoms with Gasteiger partial charge in [0, 0.05) is 50.3 Å². The molecule has 24 heavy (non-hydrogen) atoms. The zero-order valence-electron chi connectivity index (χ0n) is 15.8. The number of allylic oxidation sites excluding steroid dienone is 2. The summed E-state index contributed by atoms with van der Waals surface area (Å²) >= 11 is 0. The molecular weight excluding hydrogens is 308 g/mol. The van der Waals surface area contributed by atoms with Crippen molar-refractivity contribution in [3.05, 3.63) is 34.7 Å². The Labute approximate surface area is 144 Å². The van der Waals surface area contributed by atoms with Gasteiger partial charge in [0.1, 0.15) is 11.6 Å². The first-order valence-corrected chi connectivity index (χ1v) is 7.96. The summed E-state index contributed by atoms with van der Waals surface area (Å²) in [5, 5.41) is 24.9. The highest BCUT2D eigenvalue weighted by molar-refractivity contribution is 5.81. The lowest BCUT2D eigenvalue weighted by atomic mass is 9.94. The molecule has 0 aliphatic heterocycles. The highest BCUT2D eigenvalue weighted by Crippen LogP contribution is 2.22. The number of ketones is 2. The minimum absolute atomic E-state index is 0.0715. The van der Waals surface area contributed by atoms with E-state index in [9.17, 15) is 20.0 Å². The molecule has 0 saturated carbocycles. The van der Waals surface area contributed by atoms with Crippen molar-refractivity contribution in [3.8, 4) is 0 Å². The van der Waals surface area contributed by atoms with Crippen LogP contribution in [-0.2, 0) is 9.59 Å². The first-order chi connectivity index (χ1) is 10.7. The Morgan fingerprint density at radius 2 is 1.04 bits per heavy atom. The van der Waals surface area contributed by atoms with Crippen molar-refractivity contribution in [1.29, 1.82) is 0 Å². The summed E-state index contributed by atoms with van der Waals surface area (Å²) in [5.41, 5.74) is -0.998. The van der Waals surface area contributed by atoms with E-state index in [0.29, 0.717) is 11.1 Å². The van der Waals surface area contributed by atoms with Crippen molar-refractivity contribution < 1.29 is 19.3 Å². The number of rotatable bonds is 10. The first-order valence-electron chi connectivity index (χ1n) is 7.96. The van der Waals surface area contributed by atoms with Gasteiger partial charge in [0.25, 0.3) is 0 Å². The highest BCUT2D eigenvalue weighted by Gasteiger charge is 2.43. The Balaban J connectivity index is 5.32. The molecule has 6 nitrogen and oxygen atoms in total. The molecule has 0 rings (SSSR count). The summed E-state index contributed by atoms with van der Waals surface area (Å²) in [6.45, 7) is 16.9. The predicted molar refractivity (Wildman–Crippen MR) is 93.5 cm³/mol. The molecule has 0 unspecified atom stereocenters. The number of carbonyl (C=O) groups excluding carboxylic acids is 2. The van der Waals surface area contributed by atoms with Crippen LogP contribution in [0.15, 0.2) is 24.3 Å². The van der Waals surface area contributed by atoms with E-state index in [4.69, 9.17) is 0 Å². The third kappa shape index (κ3) is 7.06. The normalized spacial score (nSPS) is 13.2. The zero-order chi connectivity index (χ0) is 19.3. The van der Waals surface area contributed by atoms with Gasteiger partial charge in [-0.25, -0.2) is 0 Å². The van der Waals surface area contributed by atoms with Crippen LogP contribution in [0.3, 0.4) is 0 Å². The molecular formula is C18H30N2O4. The number of nitrogens with zero attached hydrogens (tertiary/aromatic N) is 2.